The Kier molecular flexibility index (Phi) is 4.25. The van der Waals surface area contributed by atoms with E-state index in [1.54, 1.807) is 0 Å². The third kappa shape index (κ3) is 3.62. The Bertz CT molecular complexity index is 812. The molecule has 3 rings (SSSR count). The minimum Gasteiger partial charge on any atom is -0.335 e. The summed E-state index contributed by atoms with van der Waals surface area (Å²) in [5.41, 5.74) is 4.54. The first kappa shape index (κ1) is 16.1. The molecule has 0 fully saturated rings. The number of fused-ring (bicyclic) bond motifs is 1. The third-order valence-electron chi connectivity index (χ3n) is 4.42. The molecule has 0 aliphatic carbocycles. The van der Waals surface area contributed by atoms with Gasteiger partial charge in [0.25, 0.3) is 5.56 Å². The fourth-order valence-electron chi connectivity index (χ4n) is 3.02. The van der Waals surface area contributed by atoms with Crippen molar-refractivity contribution in [1.29, 1.82) is 0 Å². The predicted octanol–water partition coefficient (Wildman–Crippen LogP) is 3.29. The van der Waals surface area contributed by atoms with Crippen LogP contribution in [-0.2, 0) is 24.9 Å². The van der Waals surface area contributed by atoms with Crippen LogP contribution >= 0.6 is 12.2 Å². The zero-order chi connectivity index (χ0) is 16.6. The molecule has 0 saturated carbocycles. The van der Waals surface area contributed by atoms with E-state index in [2.05, 4.69) is 59.9 Å². The van der Waals surface area contributed by atoms with E-state index in [0.29, 0.717) is 11.3 Å². The van der Waals surface area contributed by atoms with Gasteiger partial charge in [-0.3, -0.25) is 14.7 Å². The van der Waals surface area contributed by atoms with Crippen LogP contribution in [0.4, 0.5) is 0 Å². The van der Waals surface area contributed by atoms with Gasteiger partial charge in [-0.05, 0) is 28.8 Å². The molecule has 1 aromatic carbocycles. The SMILES string of the molecule is CC(C)(C)c1ccc(CN2CCc3[nH]c(=S)[nH]c(=O)c3C2)cc1. The monoisotopic (exact) mass is 329 g/mol. The fourth-order valence-corrected chi connectivity index (χ4v) is 3.23. The summed E-state index contributed by atoms with van der Waals surface area (Å²) in [6, 6.07) is 8.80. The van der Waals surface area contributed by atoms with E-state index in [1.165, 1.54) is 11.1 Å². The molecule has 0 amide bonds. The van der Waals surface area contributed by atoms with Crippen LogP contribution in [0.5, 0.6) is 0 Å². The summed E-state index contributed by atoms with van der Waals surface area (Å²) in [5.74, 6) is 0. The maximum Gasteiger partial charge on any atom is 0.256 e. The molecule has 122 valence electrons. The molecule has 2 heterocycles. The fraction of sp³-hybridized carbons (Fsp3) is 0.444. The van der Waals surface area contributed by atoms with Crippen LogP contribution in [0.3, 0.4) is 0 Å². The van der Waals surface area contributed by atoms with E-state index in [0.717, 1.165) is 30.8 Å². The summed E-state index contributed by atoms with van der Waals surface area (Å²) in [4.78, 5) is 20.2. The summed E-state index contributed by atoms with van der Waals surface area (Å²) in [7, 11) is 0. The molecule has 2 aromatic rings. The van der Waals surface area contributed by atoms with Crippen LogP contribution in [0, 0.1) is 4.77 Å². The van der Waals surface area contributed by atoms with E-state index in [1.807, 2.05) is 0 Å². The Morgan fingerprint density at radius 3 is 2.52 bits per heavy atom. The number of aromatic nitrogens is 2. The number of hydrogen-bond donors (Lipinski definition) is 2. The van der Waals surface area contributed by atoms with Gasteiger partial charge in [0.2, 0.25) is 0 Å². The van der Waals surface area contributed by atoms with Crippen molar-refractivity contribution in [2.45, 2.75) is 45.7 Å². The summed E-state index contributed by atoms with van der Waals surface area (Å²) in [6.45, 7) is 9.12. The Hall–Kier alpha value is -1.72. The van der Waals surface area contributed by atoms with Gasteiger partial charge in [-0.15, -0.1) is 0 Å². The Morgan fingerprint density at radius 2 is 1.87 bits per heavy atom. The van der Waals surface area contributed by atoms with Gasteiger partial charge in [0.1, 0.15) is 0 Å². The molecule has 1 aliphatic rings. The van der Waals surface area contributed by atoms with Crippen LogP contribution in [0.25, 0.3) is 0 Å². The van der Waals surface area contributed by atoms with Crippen molar-refractivity contribution in [1.82, 2.24) is 14.9 Å². The number of nitrogens with one attached hydrogen (secondary N) is 2. The van der Waals surface area contributed by atoms with Crippen molar-refractivity contribution >= 4 is 12.2 Å². The maximum atomic E-state index is 12.1. The van der Waals surface area contributed by atoms with Gasteiger partial charge in [-0.25, -0.2) is 0 Å². The first-order valence-electron chi connectivity index (χ1n) is 7.99. The summed E-state index contributed by atoms with van der Waals surface area (Å²) in [5, 5.41) is 0. The Balaban J connectivity index is 1.75. The molecule has 0 spiro atoms. The normalized spacial score (nSPS) is 15.4. The molecule has 0 bridgehead atoms. The molecule has 4 nitrogen and oxygen atoms in total. The van der Waals surface area contributed by atoms with Gasteiger partial charge in [-0.2, -0.15) is 0 Å². The highest BCUT2D eigenvalue weighted by molar-refractivity contribution is 7.71. The van der Waals surface area contributed by atoms with Crippen molar-refractivity contribution in [2.24, 2.45) is 0 Å². The van der Waals surface area contributed by atoms with Gasteiger partial charge in [0, 0.05) is 31.7 Å². The van der Waals surface area contributed by atoms with E-state index in [9.17, 15) is 4.79 Å². The second-order valence-corrected chi connectivity index (χ2v) is 7.68. The van der Waals surface area contributed by atoms with E-state index in [4.69, 9.17) is 12.2 Å². The molecule has 2 N–H and O–H groups in total. The number of nitrogens with zero attached hydrogens (tertiary/aromatic N) is 1. The van der Waals surface area contributed by atoms with Crippen LogP contribution < -0.4 is 5.56 Å². The molecule has 0 radical (unpaired) electrons. The maximum absolute atomic E-state index is 12.1. The number of rotatable bonds is 2. The van der Waals surface area contributed by atoms with Crippen LogP contribution in [-0.4, -0.2) is 21.4 Å². The minimum atomic E-state index is -0.0588. The van der Waals surface area contributed by atoms with Gasteiger partial charge < -0.3 is 4.98 Å². The second kappa shape index (κ2) is 6.06. The predicted molar refractivity (Wildman–Crippen MR) is 95.2 cm³/mol. The lowest BCUT2D eigenvalue weighted by Gasteiger charge is -2.28. The zero-order valence-electron chi connectivity index (χ0n) is 13.9. The lowest BCUT2D eigenvalue weighted by molar-refractivity contribution is 0.241. The highest BCUT2D eigenvalue weighted by Gasteiger charge is 2.20. The summed E-state index contributed by atoms with van der Waals surface area (Å²) >= 11 is 5.04. The van der Waals surface area contributed by atoms with Crippen molar-refractivity contribution in [3.8, 4) is 0 Å². The smallest absolute Gasteiger partial charge is 0.256 e. The quantitative estimate of drug-likeness (QED) is 0.831. The molecule has 0 atom stereocenters. The van der Waals surface area contributed by atoms with Gasteiger partial charge in [0.15, 0.2) is 4.77 Å². The van der Waals surface area contributed by atoms with Crippen LogP contribution in [0.15, 0.2) is 29.1 Å². The Morgan fingerprint density at radius 1 is 1.17 bits per heavy atom. The molecular weight excluding hydrogens is 306 g/mol. The van der Waals surface area contributed by atoms with Crippen molar-refractivity contribution in [2.75, 3.05) is 6.54 Å². The van der Waals surface area contributed by atoms with Crippen molar-refractivity contribution in [3.05, 3.63) is 61.8 Å². The number of H-pyrrole nitrogens is 2. The first-order chi connectivity index (χ1) is 10.8. The highest BCUT2D eigenvalue weighted by Crippen LogP contribution is 2.23. The number of aromatic amines is 2. The highest BCUT2D eigenvalue weighted by atomic mass is 32.1. The molecular formula is C18H23N3OS. The van der Waals surface area contributed by atoms with E-state index >= 15 is 0 Å². The summed E-state index contributed by atoms with van der Waals surface area (Å²) in [6.07, 6.45) is 0.836. The average molecular weight is 329 g/mol. The zero-order valence-corrected chi connectivity index (χ0v) is 14.7. The average Bonchev–Trinajstić information content (AvgIpc) is 2.47. The largest absolute Gasteiger partial charge is 0.335 e. The Labute approximate surface area is 141 Å². The van der Waals surface area contributed by atoms with Crippen molar-refractivity contribution < 1.29 is 0 Å². The van der Waals surface area contributed by atoms with Crippen molar-refractivity contribution in [3.63, 3.8) is 0 Å². The molecule has 23 heavy (non-hydrogen) atoms. The number of hydrogen-bond acceptors (Lipinski definition) is 3. The molecule has 0 unspecified atom stereocenters. The molecule has 0 saturated heterocycles. The van der Waals surface area contributed by atoms with Gasteiger partial charge in [0.05, 0.1) is 5.56 Å². The lowest BCUT2D eigenvalue weighted by atomic mass is 9.86. The standard InChI is InChI=1S/C18H23N3OS/c1-18(2,3)13-6-4-12(5-7-13)10-21-9-8-15-14(11-21)16(22)20-17(23)19-15/h4-7H,8-11H2,1-3H3,(H2,19,20,22,23). The second-order valence-electron chi connectivity index (χ2n) is 7.27. The molecule has 1 aliphatic heterocycles. The van der Waals surface area contributed by atoms with Crippen LogP contribution in [0.1, 0.15) is 43.2 Å². The van der Waals surface area contributed by atoms with Gasteiger partial charge in [-0.1, -0.05) is 45.0 Å². The molecule has 5 heteroatoms. The van der Waals surface area contributed by atoms with E-state index < -0.39 is 0 Å². The first-order valence-corrected chi connectivity index (χ1v) is 8.40. The topological polar surface area (TPSA) is 51.9 Å². The third-order valence-corrected chi connectivity index (χ3v) is 4.62. The molecule has 1 aromatic heterocycles. The van der Waals surface area contributed by atoms with Gasteiger partial charge >= 0.3 is 0 Å². The summed E-state index contributed by atoms with van der Waals surface area (Å²) < 4.78 is 0.417. The van der Waals surface area contributed by atoms with E-state index in [-0.39, 0.29) is 11.0 Å². The van der Waals surface area contributed by atoms with Crippen LogP contribution in [0.2, 0.25) is 0 Å². The number of benzene rings is 1. The minimum absolute atomic E-state index is 0.0588. The lowest BCUT2D eigenvalue weighted by Crippen LogP contribution is -2.35.